The van der Waals surface area contributed by atoms with Crippen LogP contribution in [0.5, 0.6) is 0 Å². The number of ether oxygens (including phenoxy) is 1. The van der Waals surface area contributed by atoms with Gasteiger partial charge >= 0.3 is 6.09 Å². The summed E-state index contributed by atoms with van der Waals surface area (Å²) in [5.74, 6) is 0. The maximum Gasteiger partial charge on any atom is 0.410 e. The lowest BCUT2D eigenvalue weighted by atomic mass is 10.1. The van der Waals surface area contributed by atoms with Crippen molar-refractivity contribution in [3.8, 4) is 0 Å². The molecule has 1 fully saturated rings. The van der Waals surface area contributed by atoms with E-state index in [-0.39, 0.29) is 6.09 Å². The normalized spacial score (nSPS) is 15.4. The first-order valence-corrected chi connectivity index (χ1v) is 9.05. The molecule has 1 amide bonds. The van der Waals surface area contributed by atoms with Gasteiger partial charge in [0.05, 0.1) is 0 Å². The minimum absolute atomic E-state index is 0.225. The van der Waals surface area contributed by atoms with Crippen LogP contribution in [0.3, 0.4) is 0 Å². The monoisotopic (exact) mass is 340 g/mol. The fraction of sp³-hybridized carbons (Fsp3) is 0.750. The van der Waals surface area contributed by atoms with Gasteiger partial charge in [0.25, 0.3) is 0 Å². The molecule has 0 bridgehead atoms. The zero-order chi connectivity index (χ0) is 17.0. The van der Waals surface area contributed by atoms with E-state index in [0.29, 0.717) is 19.1 Å². The van der Waals surface area contributed by atoms with E-state index in [1.54, 1.807) is 16.2 Å². The average molecular weight is 340 g/mol. The van der Waals surface area contributed by atoms with E-state index < -0.39 is 5.60 Å². The van der Waals surface area contributed by atoms with Crippen molar-refractivity contribution in [2.45, 2.75) is 52.8 Å². The van der Waals surface area contributed by atoms with Crippen LogP contribution < -0.4 is 10.2 Å². The smallest absolute Gasteiger partial charge is 0.410 e. The van der Waals surface area contributed by atoms with Gasteiger partial charge in [-0.05, 0) is 34.6 Å². The summed E-state index contributed by atoms with van der Waals surface area (Å²) in [5.41, 5.74) is -0.431. The third-order valence-corrected chi connectivity index (χ3v) is 4.73. The highest BCUT2D eigenvalue weighted by atomic mass is 32.1. The summed E-state index contributed by atoms with van der Waals surface area (Å²) in [4.78, 5) is 21.6. The van der Waals surface area contributed by atoms with Gasteiger partial charge in [-0.3, -0.25) is 0 Å². The highest BCUT2D eigenvalue weighted by molar-refractivity contribution is 7.15. The lowest BCUT2D eigenvalue weighted by molar-refractivity contribution is 0.00521. The van der Waals surface area contributed by atoms with Crippen LogP contribution in [-0.4, -0.2) is 53.8 Å². The zero-order valence-electron chi connectivity index (χ0n) is 14.8. The van der Waals surface area contributed by atoms with Gasteiger partial charge in [0.2, 0.25) is 0 Å². The zero-order valence-corrected chi connectivity index (χ0v) is 15.6. The van der Waals surface area contributed by atoms with E-state index in [1.165, 1.54) is 4.88 Å². The molecule has 1 aliphatic rings. The van der Waals surface area contributed by atoms with Gasteiger partial charge in [-0.15, -0.1) is 11.3 Å². The summed E-state index contributed by atoms with van der Waals surface area (Å²) in [6.45, 7) is 14.1. The molecule has 130 valence electrons. The number of amides is 1. The number of rotatable bonds is 6. The van der Waals surface area contributed by atoms with Crippen LogP contribution in [-0.2, 0) is 11.3 Å². The van der Waals surface area contributed by atoms with Crippen molar-refractivity contribution in [1.82, 2.24) is 15.2 Å². The Morgan fingerprint density at radius 2 is 2.09 bits per heavy atom. The maximum atomic E-state index is 11.9. The summed E-state index contributed by atoms with van der Waals surface area (Å²) >= 11 is 1.73. The van der Waals surface area contributed by atoms with Gasteiger partial charge in [0, 0.05) is 49.8 Å². The van der Waals surface area contributed by atoms with Crippen LogP contribution in [0.2, 0.25) is 0 Å². The molecule has 0 aliphatic carbocycles. The van der Waals surface area contributed by atoms with Crippen LogP contribution >= 0.6 is 11.3 Å². The SMILES string of the molecule is CCN(CC)c1ncc(CNC2CN(C(=O)OC(C)(C)C)C2)s1. The first kappa shape index (κ1) is 18.0. The summed E-state index contributed by atoms with van der Waals surface area (Å²) in [5, 5.41) is 4.55. The first-order valence-electron chi connectivity index (χ1n) is 8.23. The Labute approximate surface area is 142 Å². The van der Waals surface area contributed by atoms with E-state index in [1.807, 2.05) is 27.0 Å². The number of carbonyl (C=O) groups excluding carboxylic acids is 1. The third-order valence-electron chi connectivity index (χ3n) is 3.67. The second kappa shape index (κ2) is 7.49. The predicted molar refractivity (Wildman–Crippen MR) is 94.1 cm³/mol. The average Bonchev–Trinajstić information content (AvgIpc) is 2.85. The maximum absolute atomic E-state index is 11.9. The van der Waals surface area contributed by atoms with E-state index >= 15 is 0 Å². The van der Waals surface area contributed by atoms with Gasteiger partial charge < -0.3 is 19.9 Å². The van der Waals surface area contributed by atoms with Gasteiger partial charge in [-0.1, -0.05) is 0 Å². The number of likely N-dealkylation sites (tertiary alicyclic amines) is 1. The van der Waals surface area contributed by atoms with Crippen molar-refractivity contribution in [2.75, 3.05) is 31.1 Å². The Morgan fingerprint density at radius 3 is 2.65 bits per heavy atom. The van der Waals surface area contributed by atoms with Crippen molar-refractivity contribution in [3.05, 3.63) is 11.1 Å². The van der Waals surface area contributed by atoms with E-state index in [9.17, 15) is 4.79 Å². The molecule has 1 saturated heterocycles. The Balaban J connectivity index is 1.72. The number of anilines is 1. The molecule has 1 aromatic rings. The quantitative estimate of drug-likeness (QED) is 0.863. The number of nitrogens with one attached hydrogen (secondary N) is 1. The van der Waals surface area contributed by atoms with Gasteiger partial charge in [0.15, 0.2) is 5.13 Å². The molecule has 1 aliphatic heterocycles. The molecule has 0 radical (unpaired) electrons. The standard InChI is InChI=1S/C16H28N4O2S/c1-6-19(7-2)14-18-9-13(23-14)8-17-12-10-20(11-12)15(21)22-16(3,4)5/h9,12,17H,6-8,10-11H2,1-5H3. The van der Waals surface area contributed by atoms with E-state index in [4.69, 9.17) is 4.74 Å². The molecule has 7 heteroatoms. The Bertz CT molecular complexity index is 516. The second-order valence-corrected chi connectivity index (χ2v) is 7.84. The highest BCUT2D eigenvalue weighted by Crippen LogP contribution is 2.22. The molecule has 0 spiro atoms. The van der Waals surface area contributed by atoms with Crippen LogP contribution in [0.1, 0.15) is 39.5 Å². The molecule has 6 nitrogen and oxygen atoms in total. The second-order valence-electron chi connectivity index (χ2n) is 6.74. The third kappa shape index (κ3) is 5.07. The number of thiazole rings is 1. The molecule has 0 atom stereocenters. The summed E-state index contributed by atoms with van der Waals surface area (Å²) in [6.07, 6.45) is 1.72. The van der Waals surface area contributed by atoms with Gasteiger partial charge in [0.1, 0.15) is 5.60 Å². The van der Waals surface area contributed by atoms with Crippen LogP contribution in [0.25, 0.3) is 0 Å². The Hall–Kier alpha value is -1.34. The molecule has 23 heavy (non-hydrogen) atoms. The van der Waals surface area contributed by atoms with Gasteiger partial charge in [-0.25, -0.2) is 9.78 Å². The van der Waals surface area contributed by atoms with Crippen molar-refractivity contribution in [2.24, 2.45) is 0 Å². The molecule has 0 aromatic carbocycles. The fourth-order valence-electron chi connectivity index (χ4n) is 2.35. The number of hydrogen-bond acceptors (Lipinski definition) is 6. The lowest BCUT2D eigenvalue weighted by Crippen LogP contribution is -2.60. The molecule has 2 heterocycles. The summed E-state index contributed by atoms with van der Waals surface area (Å²) in [6, 6.07) is 0.335. The molecular weight excluding hydrogens is 312 g/mol. The largest absolute Gasteiger partial charge is 0.444 e. The molecule has 0 unspecified atom stereocenters. The van der Waals surface area contributed by atoms with E-state index in [0.717, 1.165) is 24.8 Å². The number of carbonyl (C=O) groups is 1. The van der Waals surface area contributed by atoms with Crippen LogP contribution in [0, 0.1) is 0 Å². The van der Waals surface area contributed by atoms with Crippen LogP contribution in [0.4, 0.5) is 9.93 Å². The number of hydrogen-bond donors (Lipinski definition) is 1. The minimum Gasteiger partial charge on any atom is -0.444 e. The van der Waals surface area contributed by atoms with Crippen molar-refractivity contribution >= 4 is 22.6 Å². The minimum atomic E-state index is -0.431. The molecular formula is C16H28N4O2S. The fourth-order valence-corrected chi connectivity index (χ4v) is 3.34. The van der Waals surface area contributed by atoms with Crippen LogP contribution in [0.15, 0.2) is 6.20 Å². The molecule has 1 N–H and O–H groups in total. The molecule has 0 saturated carbocycles. The Morgan fingerprint density at radius 1 is 1.43 bits per heavy atom. The van der Waals surface area contributed by atoms with E-state index in [2.05, 4.69) is 29.0 Å². The lowest BCUT2D eigenvalue weighted by Gasteiger charge is -2.40. The predicted octanol–water partition coefficient (Wildman–Crippen LogP) is 2.70. The topological polar surface area (TPSA) is 57.7 Å². The number of aromatic nitrogens is 1. The van der Waals surface area contributed by atoms with Crippen molar-refractivity contribution in [3.63, 3.8) is 0 Å². The van der Waals surface area contributed by atoms with Crippen molar-refractivity contribution < 1.29 is 9.53 Å². The van der Waals surface area contributed by atoms with Gasteiger partial charge in [-0.2, -0.15) is 0 Å². The molecule has 2 rings (SSSR count). The molecule has 1 aromatic heterocycles. The van der Waals surface area contributed by atoms with Crippen molar-refractivity contribution in [1.29, 1.82) is 0 Å². The number of nitrogens with zero attached hydrogens (tertiary/aromatic N) is 3. The first-order chi connectivity index (χ1) is 10.8. The Kier molecular flexibility index (Phi) is 5.86. The summed E-state index contributed by atoms with van der Waals surface area (Å²) in [7, 11) is 0. The summed E-state index contributed by atoms with van der Waals surface area (Å²) < 4.78 is 5.35. The highest BCUT2D eigenvalue weighted by Gasteiger charge is 2.33.